The third-order valence-corrected chi connectivity index (χ3v) is 4.75. The molecule has 1 aromatic carbocycles. The first-order chi connectivity index (χ1) is 14.3. The number of aryl methyl sites for hydroxylation is 1. The highest BCUT2D eigenvalue weighted by Crippen LogP contribution is 2.32. The van der Waals surface area contributed by atoms with E-state index in [9.17, 15) is 13.6 Å². The summed E-state index contributed by atoms with van der Waals surface area (Å²) in [6.07, 6.45) is 2.44. The van der Waals surface area contributed by atoms with Gasteiger partial charge in [-0.15, -0.1) is 0 Å². The molecular formula is C22H25F2N5O. The Morgan fingerprint density at radius 1 is 1.10 bits per heavy atom. The summed E-state index contributed by atoms with van der Waals surface area (Å²) in [6, 6.07) is 5.07. The number of hydrogen-bond acceptors (Lipinski definition) is 4. The molecule has 0 saturated heterocycles. The smallest absolute Gasteiger partial charge is 0.319 e. The average Bonchev–Trinajstić information content (AvgIpc) is 2.69. The molecule has 2 aromatic heterocycles. The fourth-order valence-electron chi connectivity index (χ4n) is 3.07. The van der Waals surface area contributed by atoms with Crippen molar-refractivity contribution in [2.24, 2.45) is 5.92 Å². The molecule has 0 aliphatic rings. The maximum Gasteiger partial charge on any atom is 0.319 e. The topological polar surface area (TPSA) is 78.9 Å². The lowest BCUT2D eigenvalue weighted by Crippen LogP contribution is -2.30. The lowest BCUT2D eigenvalue weighted by molar-refractivity contribution is 0.251. The molecule has 0 radical (unpaired) electrons. The molecule has 6 nitrogen and oxygen atoms in total. The molecule has 2 heterocycles. The first-order valence-corrected chi connectivity index (χ1v) is 9.78. The van der Waals surface area contributed by atoms with E-state index in [1.165, 1.54) is 6.07 Å². The lowest BCUT2D eigenvalue weighted by Gasteiger charge is -2.13. The molecule has 0 aliphatic carbocycles. The summed E-state index contributed by atoms with van der Waals surface area (Å²) >= 11 is 0. The van der Waals surface area contributed by atoms with Gasteiger partial charge in [0.15, 0.2) is 0 Å². The Balaban J connectivity index is 1.93. The Hall–Kier alpha value is -3.29. The van der Waals surface area contributed by atoms with E-state index in [2.05, 4.69) is 25.9 Å². The second kappa shape index (κ2) is 9.02. The van der Waals surface area contributed by atoms with Crippen molar-refractivity contribution in [3.63, 3.8) is 0 Å². The molecule has 0 atom stereocenters. The van der Waals surface area contributed by atoms with Gasteiger partial charge in [0.2, 0.25) is 0 Å². The SMILES string of the molecule is CNc1cc2nc(C)c(-c3cc(NC(=O)NCCC(C)C)c(F)cc3F)cc2cn1. The average molecular weight is 413 g/mol. The van der Waals surface area contributed by atoms with Crippen LogP contribution in [0, 0.1) is 24.5 Å². The predicted molar refractivity (Wildman–Crippen MR) is 116 cm³/mol. The van der Waals surface area contributed by atoms with E-state index in [4.69, 9.17) is 0 Å². The number of nitrogens with zero attached hydrogens (tertiary/aromatic N) is 2. The second-order valence-electron chi connectivity index (χ2n) is 7.51. The van der Waals surface area contributed by atoms with Gasteiger partial charge in [0.25, 0.3) is 0 Å². The molecule has 3 rings (SSSR count). The zero-order chi connectivity index (χ0) is 21.8. The number of carbonyl (C=O) groups excluding carboxylic acids is 1. The van der Waals surface area contributed by atoms with Gasteiger partial charge in [0.1, 0.15) is 17.5 Å². The van der Waals surface area contributed by atoms with Crippen molar-refractivity contribution < 1.29 is 13.6 Å². The number of hydrogen-bond donors (Lipinski definition) is 3. The molecular weight excluding hydrogens is 388 g/mol. The van der Waals surface area contributed by atoms with Crippen molar-refractivity contribution in [3.8, 4) is 11.1 Å². The van der Waals surface area contributed by atoms with E-state index in [1.54, 1.807) is 32.3 Å². The first-order valence-electron chi connectivity index (χ1n) is 9.78. The van der Waals surface area contributed by atoms with Crippen molar-refractivity contribution in [3.05, 3.63) is 47.8 Å². The van der Waals surface area contributed by atoms with E-state index >= 15 is 0 Å². The molecule has 0 unspecified atom stereocenters. The van der Waals surface area contributed by atoms with Crippen LogP contribution in [0.4, 0.5) is 25.1 Å². The number of fused-ring (bicyclic) bond motifs is 1. The van der Waals surface area contributed by atoms with Crippen molar-refractivity contribution in [2.75, 3.05) is 24.2 Å². The summed E-state index contributed by atoms with van der Waals surface area (Å²) in [6.45, 7) is 6.30. The normalized spacial score (nSPS) is 11.0. The van der Waals surface area contributed by atoms with Crippen LogP contribution in [-0.2, 0) is 0 Å². The van der Waals surface area contributed by atoms with Crippen LogP contribution >= 0.6 is 0 Å². The number of aromatic nitrogens is 2. The van der Waals surface area contributed by atoms with E-state index in [0.29, 0.717) is 35.1 Å². The van der Waals surface area contributed by atoms with Gasteiger partial charge in [-0.05, 0) is 31.4 Å². The monoisotopic (exact) mass is 413 g/mol. The minimum absolute atomic E-state index is 0.100. The third-order valence-electron chi connectivity index (χ3n) is 4.75. The highest BCUT2D eigenvalue weighted by Gasteiger charge is 2.16. The molecule has 0 bridgehead atoms. The fraction of sp³-hybridized carbons (Fsp3) is 0.318. The largest absolute Gasteiger partial charge is 0.373 e. The van der Waals surface area contributed by atoms with Crippen molar-refractivity contribution in [1.29, 1.82) is 0 Å². The minimum atomic E-state index is -0.845. The molecule has 3 aromatic rings. The van der Waals surface area contributed by atoms with E-state index < -0.39 is 17.7 Å². The summed E-state index contributed by atoms with van der Waals surface area (Å²) in [5, 5.41) is 8.80. The third kappa shape index (κ3) is 4.82. The van der Waals surface area contributed by atoms with Gasteiger partial charge in [-0.2, -0.15) is 0 Å². The van der Waals surface area contributed by atoms with Gasteiger partial charge in [-0.1, -0.05) is 13.8 Å². The Morgan fingerprint density at radius 2 is 1.87 bits per heavy atom. The van der Waals surface area contributed by atoms with Gasteiger partial charge >= 0.3 is 6.03 Å². The molecule has 3 N–H and O–H groups in total. The Bertz CT molecular complexity index is 1080. The van der Waals surface area contributed by atoms with Crippen LogP contribution in [0.1, 0.15) is 26.0 Å². The van der Waals surface area contributed by atoms with Gasteiger partial charge in [-0.25, -0.2) is 18.6 Å². The predicted octanol–water partition coefficient (Wildman–Crippen LogP) is 5.09. The number of nitrogens with one attached hydrogen (secondary N) is 3. The highest BCUT2D eigenvalue weighted by molar-refractivity contribution is 5.91. The Kier molecular flexibility index (Phi) is 6.44. The van der Waals surface area contributed by atoms with E-state index in [0.717, 1.165) is 17.9 Å². The molecule has 158 valence electrons. The van der Waals surface area contributed by atoms with Crippen molar-refractivity contribution in [2.45, 2.75) is 27.2 Å². The number of benzene rings is 1. The van der Waals surface area contributed by atoms with Crippen molar-refractivity contribution in [1.82, 2.24) is 15.3 Å². The van der Waals surface area contributed by atoms with Crippen LogP contribution in [0.2, 0.25) is 0 Å². The Morgan fingerprint density at radius 3 is 2.57 bits per heavy atom. The quantitative estimate of drug-likeness (QED) is 0.526. The van der Waals surface area contributed by atoms with E-state index in [1.807, 2.05) is 13.8 Å². The first kappa shape index (κ1) is 21.4. The summed E-state index contributed by atoms with van der Waals surface area (Å²) in [4.78, 5) is 20.9. The van der Waals surface area contributed by atoms with E-state index in [-0.39, 0.29) is 11.3 Å². The van der Waals surface area contributed by atoms with Gasteiger partial charge in [-0.3, -0.25) is 4.98 Å². The lowest BCUT2D eigenvalue weighted by atomic mass is 10.0. The van der Waals surface area contributed by atoms with Crippen LogP contribution < -0.4 is 16.0 Å². The second-order valence-corrected chi connectivity index (χ2v) is 7.51. The number of pyridine rings is 2. The summed E-state index contributed by atoms with van der Waals surface area (Å²) < 4.78 is 28.9. The van der Waals surface area contributed by atoms with Crippen LogP contribution in [0.5, 0.6) is 0 Å². The Labute approximate surface area is 174 Å². The minimum Gasteiger partial charge on any atom is -0.373 e. The standard InChI is InChI=1S/C22H25F2N5O/c1-12(2)5-6-26-22(30)29-20-8-16(17(23)9-18(20)24)15-7-14-11-27-21(25-4)10-19(14)28-13(15)3/h7-12H,5-6H2,1-4H3,(H,25,27)(H2,26,29,30). The van der Waals surface area contributed by atoms with Gasteiger partial charge in [0.05, 0.1) is 11.2 Å². The van der Waals surface area contributed by atoms with Crippen molar-refractivity contribution >= 4 is 28.4 Å². The number of carbonyl (C=O) groups is 1. The molecule has 2 amide bonds. The zero-order valence-corrected chi connectivity index (χ0v) is 17.4. The zero-order valence-electron chi connectivity index (χ0n) is 17.4. The number of halogens is 2. The fourth-order valence-corrected chi connectivity index (χ4v) is 3.07. The highest BCUT2D eigenvalue weighted by atomic mass is 19.1. The van der Waals surface area contributed by atoms with Crippen LogP contribution in [0.3, 0.4) is 0 Å². The maximum absolute atomic E-state index is 14.6. The summed E-state index contributed by atoms with van der Waals surface area (Å²) in [5.74, 6) is -0.476. The molecule has 8 heteroatoms. The van der Waals surface area contributed by atoms with Crippen LogP contribution in [0.25, 0.3) is 22.0 Å². The summed E-state index contributed by atoms with van der Waals surface area (Å²) in [5.41, 5.74) is 1.84. The molecule has 0 fully saturated rings. The summed E-state index contributed by atoms with van der Waals surface area (Å²) in [7, 11) is 1.76. The van der Waals surface area contributed by atoms with Gasteiger partial charge < -0.3 is 16.0 Å². The number of urea groups is 1. The van der Waals surface area contributed by atoms with Crippen LogP contribution in [0.15, 0.2) is 30.5 Å². The van der Waals surface area contributed by atoms with Gasteiger partial charge in [0, 0.05) is 54.1 Å². The molecule has 0 spiro atoms. The maximum atomic E-state index is 14.6. The number of amides is 2. The van der Waals surface area contributed by atoms with Crippen LogP contribution in [-0.4, -0.2) is 29.6 Å². The molecule has 0 aliphatic heterocycles. The number of anilines is 2. The number of rotatable bonds is 6. The molecule has 0 saturated carbocycles. The molecule has 30 heavy (non-hydrogen) atoms.